The van der Waals surface area contributed by atoms with Gasteiger partial charge in [-0.25, -0.2) is 0 Å². The molecule has 0 aromatic heterocycles. The first-order chi connectivity index (χ1) is 9.46. The topological polar surface area (TPSA) is 52.8 Å². The Morgan fingerprint density at radius 3 is 2.14 bits per heavy atom. The van der Waals surface area contributed by atoms with Crippen molar-refractivity contribution in [1.82, 2.24) is 0 Å². The molecule has 1 atom stereocenters. The number of nitrogens with zero attached hydrogens (tertiary/aromatic N) is 1. The molecule has 2 N–H and O–H groups in total. The number of rotatable bonds is 3. The number of aromatic hydroxyl groups is 1. The van der Waals surface area contributed by atoms with Crippen LogP contribution in [0.2, 0.25) is 0 Å². The number of aliphatic hydroxyl groups excluding tert-OH is 1. The van der Waals surface area contributed by atoms with Crippen molar-refractivity contribution in [2.45, 2.75) is 59.9 Å². The van der Waals surface area contributed by atoms with Crippen LogP contribution in [0.15, 0.2) is 17.1 Å². The number of benzene rings is 1. The van der Waals surface area contributed by atoms with Crippen LogP contribution in [-0.2, 0) is 5.41 Å². The van der Waals surface area contributed by atoms with Gasteiger partial charge in [0.25, 0.3) is 0 Å². The van der Waals surface area contributed by atoms with Gasteiger partial charge in [-0.15, -0.1) is 0 Å². The van der Waals surface area contributed by atoms with E-state index in [1.54, 1.807) is 6.21 Å². The summed E-state index contributed by atoms with van der Waals surface area (Å²) in [5.41, 5.74) is 2.62. The van der Waals surface area contributed by atoms with E-state index in [9.17, 15) is 10.2 Å². The number of aliphatic hydroxyl groups is 1. The normalized spacial score (nSPS) is 14.7. The minimum Gasteiger partial charge on any atom is -0.507 e. The highest BCUT2D eigenvalue weighted by molar-refractivity contribution is 5.84. The van der Waals surface area contributed by atoms with Gasteiger partial charge in [-0.1, -0.05) is 47.6 Å². The van der Waals surface area contributed by atoms with E-state index < -0.39 is 0 Å². The Bertz CT molecular complexity index is 519. The summed E-state index contributed by atoms with van der Waals surface area (Å²) in [4.78, 5) is 4.47. The zero-order chi connectivity index (χ0) is 16.4. The first-order valence-electron chi connectivity index (χ1n) is 7.45. The molecule has 0 aliphatic heterocycles. The van der Waals surface area contributed by atoms with Gasteiger partial charge in [-0.05, 0) is 34.9 Å². The van der Waals surface area contributed by atoms with Gasteiger partial charge in [0.2, 0.25) is 0 Å². The highest BCUT2D eigenvalue weighted by Gasteiger charge is 2.23. The molecule has 1 aromatic carbocycles. The number of phenolic OH excluding ortho intramolecular Hbond substituents is 1. The molecule has 1 rings (SSSR count). The van der Waals surface area contributed by atoms with Gasteiger partial charge in [0.1, 0.15) is 5.75 Å². The van der Waals surface area contributed by atoms with Crippen molar-refractivity contribution in [2.24, 2.45) is 10.4 Å². The van der Waals surface area contributed by atoms with Crippen molar-refractivity contribution in [3.63, 3.8) is 0 Å². The van der Waals surface area contributed by atoms with Crippen LogP contribution < -0.4 is 0 Å². The largest absolute Gasteiger partial charge is 0.507 e. The van der Waals surface area contributed by atoms with Crippen LogP contribution in [0.25, 0.3) is 0 Å². The Balaban J connectivity index is 3.22. The summed E-state index contributed by atoms with van der Waals surface area (Å²) >= 11 is 0. The van der Waals surface area contributed by atoms with Crippen LogP contribution in [0, 0.1) is 12.3 Å². The van der Waals surface area contributed by atoms with Gasteiger partial charge in [0, 0.05) is 11.8 Å². The second-order valence-corrected chi connectivity index (χ2v) is 7.82. The predicted octanol–water partition coefficient (Wildman–Crippen LogP) is 3.82. The van der Waals surface area contributed by atoms with E-state index in [1.165, 1.54) is 0 Å². The van der Waals surface area contributed by atoms with Crippen molar-refractivity contribution >= 4 is 6.21 Å². The molecule has 0 saturated heterocycles. The molecule has 1 aromatic rings. The molecule has 0 amide bonds. The minimum atomic E-state index is -0.185. The Hall–Kier alpha value is -1.35. The van der Waals surface area contributed by atoms with Crippen molar-refractivity contribution in [2.75, 3.05) is 6.61 Å². The molecule has 3 nitrogen and oxygen atoms in total. The minimum absolute atomic E-state index is 0.00128. The Morgan fingerprint density at radius 2 is 1.71 bits per heavy atom. The van der Waals surface area contributed by atoms with Gasteiger partial charge in [0.15, 0.2) is 0 Å². The Labute approximate surface area is 128 Å². The van der Waals surface area contributed by atoms with Crippen LogP contribution >= 0.6 is 0 Å². The smallest absolute Gasteiger partial charge is 0.127 e. The molecule has 0 aliphatic carbocycles. The van der Waals surface area contributed by atoms with Crippen LogP contribution in [0.4, 0.5) is 0 Å². The first-order valence-corrected chi connectivity index (χ1v) is 7.45. The first kappa shape index (κ1) is 17.7. The van der Waals surface area contributed by atoms with Gasteiger partial charge >= 0.3 is 0 Å². The van der Waals surface area contributed by atoms with Gasteiger partial charge in [-0.3, -0.25) is 4.99 Å². The van der Waals surface area contributed by atoms with Crippen LogP contribution in [0.5, 0.6) is 5.75 Å². The third kappa shape index (κ3) is 4.57. The Morgan fingerprint density at radius 1 is 1.14 bits per heavy atom. The SMILES string of the molecule is Cc1cc(C(C)(C)C)cc(C=N[C@H](CO)C(C)(C)C)c1O. The molecule has 118 valence electrons. The van der Waals surface area contributed by atoms with E-state index in [0.717, 1.165) is 11.1 Å². The lowest BCUT2D eigenvalue weighted by Crippen LogP contribution is -2.28. The van der Waals surface area contributed by atoms with Crippen LogP contribution in [-0.4, -0.2) is 29.1 Å². The highest BCUT2D eigenvalue weighted by Crippen LogP contribution is 2.30. The molecule has 0 fully saturated rings. The predicted molar refractivity (Wildman–Crippen MR) is 89.5 cm³/mol. The second-order valence-electron chi connectivity index (χ2n) is 7.82. The highest BCUT2D eigenvalue weighted by atomic mass is 16.3. The summed E-state index contributed by atoms with van der Waals surface area (Å²) in [6.07, 6.45) is 1.68. The maximum absolute atomic E-state index is 10.2. The lowest BCUT2D eigenvalue weighted by molar-refractivity contribution is 0.191. The number of aryl methyl sites for hydroxylation is 1. The zero-order valence-corrected chi connectivity index (χ0v) is 14.4. The lowest BCUT2D eigenvalue weighted by atomic mass is 9.85. The maximum Gasteiger partial charge on any atom is 0.127 e. The zero-order valence-electron chi connectivity index (χ0n) is 14.4. The van der Waals surface area contributed by atoms with Gasteiger partial charge in [-0.2, -0.15) is 0 Å². The van der Waals surface area contributed by atoms with E-state index >= 15 is 0 Å². The van der Waals surface area contributed by atoms with E-state index in [4.69, 9.17) is 0 Å². The van der Waals surface area contributed by atoms with E-state index in [1.807, 2.05) is 39.8 Å². The fourth-order valence-electron chi connectivity index (χ4n) is 2.05. The number of hydrogen-bond acceptors (Lipinski definition) is 3. The molecule has 0 spiro atoms. The fourth-order valence-corrected chi connectivity index (χ4v) is 2.05. The monoisotopic (exact) mass is 291 g/mol. The lowest BCUT2D eigenvalue weighted by Gasteiger charge is -2.25. The van der Waals surface area contributed by atoms with E-state index in [-0.39, 0.29) is 29.2 Å². The summed E-state index contributed by atoms with van der Waals surface area (Å²) in [6, 6.07) is 3.80. The molecular formula is C18H29NO2. The number of phenols is 1. The van der Waals surface area contributed by atoms with Crippen LogP contribution in [0.3, 0.4) is 0 Å². The standard InChI is InChI=1S/C18H29NO2/c1-12-8-14(17(2,3)4)9-13(16(12)21)10-19-15(11-20)18(5,6)7/h8-10,15,20-21H,11H2,1-7H3/t15-/m1/s1. The van der Waals surface area contributed by atoms with E-state index in [2.05, 4.69) is 25.8 Å². The molecule has 0 unspecified atom stereocenters. The summed E-state index contributed by atoms with van der Waals surface area (Å²) < 4.78 is 0. The number of aliphatic imine (C=N–C) groups is 1. The summed E-state index contributed by atoms with van der Waals surface area (Å²) in [7, 11) is 0. The van der Waals surface area contributed by atoms with Gasteiger partial charge < -0.3 is 10.2 Å². The Kier molecular flexibility index (Phi) is 5.21. The summed E-state index contributed by atoms with van der Waals surface area (Å²) in [6.45, 7) is 14.5. The molecule has 0 aliphatic rings. The van der Waals surface area contributed by atoms with Gasteiger partial charge in [0.05, 0.1) is 12.6 Å². The third-order valence-corrected chi connectivity index (χ3v) is 3.76. The molecule has 0 saturated carbocycles. The van der Waals surface area contributed by atoms with Crippen molar-refractivity contribution < 1.29 is 10.2 Å². The molecule has 21 heavy (non-hydrogen) atoms. The maximum atomic E-state index is 10.2. The van der Waals surface area contributed by atoms with E-state index in [0.29, 0.717) is 5.56 Å². The molecule has 0 heterocycles. The second kappa shape index (κ2) is 6.18. The number of hydrogen-bond donors (Lipinski definition) is 2. The van der Waals surface area contributed by atoms with Crippen molar-refractivity contribution in [1.29, 1.82) is 0 Å². The summed E-state index contributed by atoms with van der Waals surface area (Å²) in [5.74, 6) is 0.261. The molecule has 3 heteroatoms. The quantitative estimate of drug-likeness (QED) is 0.832. The summed E-state index contributed by atoms with van der Waals surface area (Å²) in [5, 5.41) is 19.7. The fraction of sp³-hybridized carbons (Fsp3) is 0.611. The third-order valence-electron chi connectivity index (χ3n) is 3.76. The molecular weight excluding hydrogens is 262 g/mol. The van der Waals surface area contributed by atoms with Crippen LogP contribution in [0.1, 0.15) is 58.2 Å². The average molecular weight is 291 g/mol. The average Bonchev–Trinajstić information content (AvgIpc) is 2.31. The van der Waals surface area contributed by atoms with Crippen molar-refractivity contribution in [3.8, 4) is 5.75 Å². The van der Waals surface area contributed by atoms with Crippen molar-refractivity contribution in [3.05, 3.63) is 28.8 Å². The molecule has 0 bridgehead atoms. The molecule has 0 radical (unpaired) electrons.